The normalized spacial score (nSPS) is 11.1. The van der Waals surface area contributed by atoms with Gasteiger partial charge in [0.2, 0.25) is 0 Å². The van der Waals surface area contributed by atoms with E-state index in [0.717, 1.165) is 0 Å². The minimum absolute atomic E-state index is 0.0142. The zero-order chi connectivity index (χ0) is 12.7. The van der Waals surface area contributed by atoms with E-state index in [9.17, 15) is 4.39 Å². The molecule has 0 unspecified atom stereocenters. The van der Waals surface area contributed by atoms with Gasteiger partial charge in [0.25, 0.3) is 0 Å². The van der Waals surface area contributed by atoms with Crippen LogP contribution in [-0.4, -0.2) is 19.6 Å². The Hall–Kier alpha value is -1.72. The number of nitrogens with zero attached hydrogens (tertiary/aromatic N) is 4. The Kier molecular flexibility index (Phi) is 2.65. The number of hydrogen-bond donors (Lipinski definition) is 0. The fraction of sp³-hybridized carbons (Fsp3) is 0. The lowest BCUT2D eigenvalue weighted by Crippen LogP contribution is -1.93. The van der Waals surface area contributed by atoms with Gasteiger partial charge in [-0.2, -0.15) is 0 Å². The molecular formula is C11H5Cl2FN4. The van der Waals surface area contributed by atoms with Crippen LogP contribution in [0.4, 0.5) is 4.39 Å². The first kappa shape index (κ1) is 11.4. The minimum atomic E-state index is -0.518. The van der Waals surface area contributed by atoms with Crippen LogP contribution < -0.4 is 0 Å². The average Bonchev–Trinajstić information content (AvgIpc) is 2.78. The van der Waals surface area contributed by atoms with Gasteiger partial charge in [-0.05, 0) is 12.1 Å². The third-order valence-corrected chi connectivity index (χ3v) is 3.12. The summed E-state index contributed by atoms with van der Waals surface area (Å²) in [5, 5.41) is 8.19. The van der Waals surface area contributed by atoms with E-state index in [0.29, 0.717) is 22.2 Å². The summed E-state index contributed by atoms with van der Waals surface area (Å²) in [6.07, 6.45) is 2.96. The van der Waals surface area contributed by atoms with Gasteiger partial charge in [-0.1, -0.05) is 29.3 Å². The fourth-order valence-corrected chi connectivity index (χ4v) is 2.10. The summed E-state index contributed by atoms with van der Waals surface area (Å²) >= 11 is 12.0. The van der Waals surface area contributed by atoms with Crippen molar-refractivity contribution in [3.05, 3.63) is 46.6 Å². The van der Waals surface area contributed by atoms with Crippen molar-refractivity contribution in [3.63, 3.8) is 0 Å². The molecule has 4 nitrogen and oxygen atoms in total. The van der Waals surface area contributed by atoms with Crippen LogP contribution in [0.1, 0.15) is 0 Å². The molecule has 0 bridgehead atoms. The van der Waals surface area contributed by atoms with Gasteiger partial charge in [0, 0.05) is 5.56 Å². The highest BCUT2D eigenvalue weighted by molar-refractivity contribution is 6.33. The zero-order valence-corrected chi connectivity index (χ0v) is 10.3. The molecule has 2 aromatic heterocycles. The second kappa shape index (κ2) is 4.19. The number of aromatic nitrogens is 4. The van der Waals surface area contributed by atoms with Gasteiger partial charge in [0.1, 0.15) is 11.0 Å². The first-order valence-corrected chi connectivity index (χ1v) is 5.73. The van der Waals surface area contributed by atoms with Gasteiger partial charge in [-0.3, -0.25) is 9.38 Å². The summed E-state index contributed by atoms with van der Waals surface area (Å²) in [5.74, 6) is -0.141. The van der Waals surface area contributed by atoms with E-state index in [4.69, 9.17) is 23.2 Å². The van der Waals surface area contributed by atoms with E-state index in [1.165, 1.54) is 18.5 Å². The Morgan fingerprint density at radius 1 is 1.11 bits per heavy atom. The quantitative estimate of drug-likeness (QED) is 0.688. The van der Waals surface area contributed by atoms with Crippen molar-refractivity contribution in [3.8, 4) is 11.4 Å². The average molecular weight is 283 g/mol. The summed E-state index contributed by atoms with van der Waals surface area (Å²) < 4.78 is 15.0. The lowest BCUT2D eigenvalue weighted by atomic mass is 10.2. The first-order valence-electron chi connectivity index (χ1n) is 4.97. The van der Waals surface area contributed by atoms with Crippen molar-refractivity contribution in [2.75, 3.05) is 0 Å². The van der Waals surface area contributed by atoms with Crippen LogP contribution in [-0.2, 0) is 0 Å². The number of fused-ring (bicyclic) bond motifs is 1. The highest BCUT2D eigenvalue weighted by atomic mass is 35.5. The van der Waals surface area contributed by atoms with Crippen LogP contribution in [0.2, 0.25) is 10.2 Å². The van der Waals surface area contributed by atoms with E-state index in [2.05, 4.69) is 15.2 Å². The maximum absolute atomic E-state index is 13.4. The maximum atomic E-state index is 13.4. The molecule has 3 rings (SSSR count). The Labute approximate surface area is 111 Å². The van der Waals surface area contributed by atoms with Crippen LogP contribution in [0, 0.1) is 5.82 Å². The van der Waals surface area contributed by atoms with E-state index in [-0.39, 0.29) is 5.02 Å². The number of benzene rings is 1. The van der Waals surface area contributed by atoms with Crippen LogP contribution in [0.15, 0.2) is 30.6 Å². The zero-order valence-electron chi connectivity index (χ0n) is 8.81. The van der Waals surface area contributed by atoms with E-state index >= 15 is 0 Å². The van der Waals surface area contributed by atoms with Gasteiger partial charge in [0.05, 0.1) is 17.4 Å². The molecular weight excluding hydrogens is 278 g/mol. The van der Waals surface area contributed by atoms with Crippen LogP contribution in [0.5, 0.6) is 0 Å². The molecule has 0 radical (unpaired) electrons. The molecule has 0 amide bonds. The van der Waals surface area contributed by atoms with Gasteiger partial charge in [0.15, 0.2) is 11.5 Å². The third-order valence-electron chi connectivity index (χ3n) is 2.47. The summed E-state index contributed by atoms with van der Waals surface area (Å²) in [5.41, 5.74) is 0.898. The number of hydrogen-bond acceptors (Lipinski definition) is 3. The molecule has 0 aliphatic carbocycles. The van der Waals surface area contributed by atoms with Crippen molar-refractivity contribution < 1.29 is 4.39 Å². The predicted octanol–water partition coefficient (Wildman–Crippen LogP) is 3.24. The van der Waals surface area contributed by atoms with E-state index in [1.54, 1.807) is 16.5 Å². The molecule has 0 aliphatic rings. The Morgan fingerprint density at radius 2 is 1.94 bits per heavy atom. The maximum Gasteiger partial charge on any atom is 0.180 e. The predicted molar refractivity (Wildman–Crippen MR) is 66.2 cm³/mol. The van der Waals surface area contributed by atoms with Crippen LogP contribution in [0.25, 0.3) is 17.0 Å². The topological polar surface area (TPSA) is 43.1 Å². The van der Waals surface area contributed by atoms with Gasteiger partial charge in [-0.25, -0.2) is 4.39 Å². The number of rotatable bonds is 1. The largest absolute Gasteiger partial charge is 0.262 e. The third kappa shape index (κ3) is 1.63. The molecule has 7 heteroatoms. The molecule has 0 atom stereocenters. The van der Waals surface area contributed by atoms with Crippen LogP contribution >= 0.6 is 23.2 Å². The molecule has 18 heavy (non-hydrogen) atoms. The molecule has 0 aliphatic heterocycles. The van der Waals surface area contributed by atoms with Crippen molar-refractivity contribution >= 4 is 28.8 Å². The lowest BCUT2D eigenvalue weighted by molar-refractivity contribution is 0.628. The van der Waals surface area contributed by atoms with Gasteiger partial charge >= 0.3 is 0 Å². The van der Waals surface area contributed by atoms with E-state index in [1.807, 2.05) is 0 Å². The standard InChI is InChI=1S/C11H5Cl2FN4/c12-8-4-15-5-9-16-17-11(18(8)9)6-2-1-3-7(14)10(6)13/h1-5H. The second-order valence-electron chi connectivity index (χ2n) is 3.55. The number of halogens is 3. The molecule has 90 valence electrons. The molecule has 0 saturated heterocycles. The molecule has 0 fully saturated rings. The second-order valence-corrected chi connectivity index (χ2v) is 4.31. The molecule has 0 spiro atoms. The summed E-state index contributed by atoms with van der Waals surface area (Å²) in [6.45, 7) is 0. The van der Waals surface area contributed by atoms with Crippen molar-refractivity contribution in [2.24, 2.45) is 0 Å². The van der Waals surface area contributed by atoms with Crippen molar-refractivity contribution in [2.45, 2.75) is 0 Å². The summed E-state index contributed by atoms with van der Waals surface area (Å²) in [6, 6.07) is 4.48. The molecule has 1 aromatic carbocycles. The van der Waals surface area contributed by atoms with E-state index < -0.39 is 5.82 Å². The molecule has 0 saturated carbocycles. The van der Waals surface area contributed by atoms with Crippen molar-refractivity contribution in [1.29, 1.82) is 0 Å². The Bertz CT molecular complexity index is 741. The molecule has 3 aromatic rings. The van der Waals surface area contributed by atoms with Gasteiger partial charge in [-0.15, -0.1) is 10.2 Å². The molecule has 0 N–H and O–H groups in total. The molecule has 2 heterocycles. The minimum Gasteiger partial charge on any atom is -0.262 e. The first-order chi connectivity index (χ1) is 8.68. The fourth-order valence-electron chi connectivity index (χ4n) is 1.66. The lowest BCUT2D eigenvalue weighted by Gasteiger charge is -2.04. The monoisotopic (exact) mass is 282 g/mol. The highest BCUT2D eigenvalue weighted by Crippen LogP contribution is 2.30. The Balaban J connectivity index is 2.36. The van der Waals surface area contributed by atoms with Crippen molar-refractivity contribution in [1.82, 2.24) is 19.6 Å². The van der Waals surface area contributed by atoms with Gasteiger partial charge < -0.3 is 0 Å². The van der Waals surface area contributed by atoms with Crippen LogP contribution in [0.3, 0.4) is 0 Å². The summed E-state index contributed by atoms with van der Waals surface area (Å²) in [4.78, 5) is 3.90. The SMILES string of the molecule is Fc1cccc(-c2nnc3cncc(Cl)n23)c1Cl. The highest BCUT2D eigenvalue weighted by Gasteiger charge is 2.15. The smallest absolute Gasteiger partial charge is 0.180 e. The summed E-state index contributed by atoms with van der Waals surface area (Å²) in [7, 11) is 0. The Morgan fingerprint density at radius 3 is 2.78 bits per heavy atom.